The highest BCUT2D eigenvalue weighted by molar-refractivity contribution is 5.87. The molecule has 1 N–H and O–H groups in total. The molecule has 4 aliphatic rings. The molecule has 0 aromatic carbocycles. The summed E-state index contributed by atoms with van der Waals surface area (Å²) in [5.41, 5.74) is 1.52. The van der Waals surface area contributed by atoms with Crippen LogP contribution in [0.5, 0.6) is 0 Å². The van der Waals surface area contributed by atoms with Crippen molar-refractivity contribution in [3.63, 3.8) is 0 Å². The number of esters is 1. The van der Waals surface area contributed by atoms with Gasteiger partial charge in [0.15, 0.2) is 0 Å². The molecule has 0 bridgehead atoms. The number of carbonyl (C=O) groups is 3. The van der Waals surface area contributed by atoms with Gasteiger partial charge in [-0.15, -0.1) is 0 Å². The summed E-state index contributed by atoms with van der Waals surface area (Å²) >= 11 is 0. The van der Waals surface area contributed by atoms with Crippen LogP contribution in [0.15, 0.2) is 11.6 Å². The maximum absolute atomic E-state index is 12.5. The zero-order valence-electron chi connectivity index (χ0n) is 17.7. The summed E-state index contributed by atoms with van der Waals surface area (Å²) in [7, 11) is 0. The highest BCUT2D eigenvalue weighted by Crippen LogP contribution is 2.64. The van der Waals surface area contributed by atoms with Crippen LogP contribution >= 0.6 is 0 Å². The molecule has 5 heteroatoms. The second-order valence-electron chi connectivity index (χ2n) is 10.3. The van der Waals surface area contributed by atoms with E-state index in [9.17, 15) is 14.4 Å². The smallest absolute Gasteiger partial charge is 0.306 e. The van der Waals surface area contributed by atoms with Gasteiger partial charge in [0.2, 0.25) is 0 Å². The lowest BCUT2D eigenvalue weighted by atomic mass is 9.48. The number of carboxylic acids is 1. The van der Waals surface area contributed by atoms with Crippen LogP contribution in [0.2, 0.25) is 0 Å². The summed E-state index contributed by atoms with van der Waals surface area (Å²) in [4.78, 5) is 35.2. The van der Waals surface area contributed by atoms with Gasteiger partial charge < -0.3 is 9.84 Å². The molecule has 4 rings (SSSR count). The van der Waals surface area contributed by atoms with Crippen LogP contribution in [0.4, 0.5) is 0 Å². The van der Waals surface area contributed by atoms with Gasteiger partial charge in [0.1, 0.15) is 11.9 Å². The Labute approximate surface area is 173 Å². The summed E-state index contributed by atoms with van der Waals surface area (Å²) in [6, 6.07) is 0. The SMILES string of the molecule is C[C@]12CC[C@H](OC(=O)CCCC(=O)O)CC1=CC[C@@H]1[C@@H]2CC[C@]2(C)C(=O)CC[C@@H]12. The lowest BCUT2D eigenvalue weighted by Crippen LogP contribution is -2.50. The number of hydrogen-bond donors (Lipinski definition) is 1. The standard InChI is InChI=1S/C24H34O5/c1-23-12-10-16(29-22(28)5-3-4-21(26)27)14-15(23)6-7-17-18-8-9-20(25)24(18,2)13-11-19(17)23/h6,16-19H,3-5,7-14H2,1-2H3,(H,26,27)/t16-,17-,18-,19-,23-,24-/m0/s1. The van der Waals surface area contributed by atoms with E-state index in [4.69, 9.17) is 9.84 Å². The van der Waals surface area contributed by atoms with Gasteiger partial charge in [-0.2, -0.15) is 0 Å². The quantitative estimate of drug-likeness (QED) is 0.533. The molecule has 0 spiro atoms. The summed E-state index contributed by atoms with van der Waals surface area (Å²) in [5.74, 6) is 1.13. The van der Waals surface area contributed by atoms with Crippen LogP contribution in [0.25, 0.3) is 0 Å². The van der Waals surface area contributed by atoms with Crippen molar-refractivity contribution in [3.8, 4) is 0 Å². The second-order valence-corrected chi connectivity index (χ2v) is 10.3. The molecule has 160 valence electrons. The molecule has 0 saturated heterocycles. The lowest BCUT2D eigenvalue weighted by molar-refractivity contribution is -0.151. The normalized spacial score (nSPS) is 41.0. The zero-order chi connectivity index (χ0) is 20.8. The van der Waals surface area contributed by atoms with Crippen LogP contribution in [0.1, 0.15) is 84.5 Å². The zero-order valence-corrected chi connectivity index (χ0v) is 17.7. The average molecular weight is 403 g/mol. The number of ether oxygens (including phenoxy) is 1. The van der Waals surface area contributed by atoms with Crippen molar-refractivity contribution in [2.45, 2.75) is 90.6 Å². The van der Waals surface area contributed by atoms with E-state index in [1.165, 1.54) is 5.57 Å². The molecule has 6 atom stereocenters. The minimum Gasteiger partial charge on any atom is -0.481 e. The largest absolute Gasteiger partial charge is 0.481 e. The molecule has 0 aliphatic heterocycles. The molecule has 5 nitrogen and oxygen atoms in total. The molecule has 3 fully saturated rings. The van der Waals surface area contributed by atoms with E-state index in [-0.39, 0.29) is 35.7 Å². The van der Waals surface area contributed by atoms with Crippen LogP contribution in [-0.2, 0) is 19.1 Å². The fourth-order valence-corrected chi connectivity index (χ4v) is 7.13. The van der Waals surface area contributed by atoms with Crippen molar-refractivity contribution in [1.29, 1.82) is 0 Å². The van der Waals surface area contributed by atoms with E-state index in [2.05, 4.69) is 19.9 Å². The van der Waals surface area contributed by atoms with Gasteiger partial charge in [0.25, 0.3) is 0 Å². The fraction of sp³-hybridized carbons (Fsp3) is 0.792. The Balaban J connectivity index is 1.41. The molecule has 0 unspecified atom stereocenters. The van der Waals surface area contributed by atoms with E-state index in [0.29, 0.717) is 30.0 Å². The number of aliphatic carboxylic acids is 1. The molecule has 4 aliphatic carbocycles. The number of carbonyl (C=O) groups excluding carboxylic acids is 2. The first-order chi connectivity index (χ1) is 13.7. The van der Waals surface area contributed by atoms with E-state index >= 15 is 0 Å². The Bertz CT molecular complexity index is 740. The minimum atomic E-state index is -0.874. The van der Waals surface area contributed by atoms with Gasteiger partial charge >= 0.3 is 11.9 Å². The molecular formula is C24H34O5. The van der Waals surface area contributed by atoms with E-state index in [0.717, 1.165) is 51.4 Å². The second kappa shape index (κ2) is 7.55. The van der Waals surface area contributed by atoms with Gasteiger partial charge in [0, 0.05) is 31.1 Å². The molecular weight excluding hydrogens is 368 g/mol. The number of ketones is 1. The molecule has 0 radical (unpaired) electrons. The van der Waals surface area contributed by atoms with Crippen molar-refractivity contribution < 1.29 is 24.2 Å². The van der Waals surface area contributed by atoms with Crippen LogP contribution in [0, 0.1) is 28.6 Å². The third-order valence-corrected chi connectivity index (χ3v) is 8.84. The number of Topliss-reactive ketones (excluding diaryl/α,β-unsaturated/α-hetero) is 1. The Morgan fingerprint density at radius 2 is 1.83 bits per heavy atom. The van der Waals surface area contributed by atoms with E-state index in [1.54, 1.807) is 0 Å². The van der Waals surface area contributed by atoms with Gasteiger partial charge in [-0.1, -0.05) is 25.5 Å². The summed E-state index contributed by atoms with van der Waals surface area (Å²) < 4.78 is 5.69. The molecule has 0 aromatic heterocycles. The first-order valence-corrected chi connectivity index (χ1v) is 11.4. The summed E-state index contributed by atoms with van der Waals surface area (Å²) in [6.07, 6.45) is 10.6. The number of rotatable bonds is 5. The third kappa shape index (κ3) is 3.55. The number of allylic oxidation sites excluding steroid dienone is 1. The number of carboxylic acid groups (broad SMARTS) is 1. The maximum atomic E-state index is 12.5. The molecule has 0 amide bonds. The van der Waals surface area contributed by atoms with Crippen molar-refractivity contribution >= 4 is 17.7 Å². The maximum Gasteiger partial charge on any atom is 0.306 e. The van der Waals surface area contributed by atoms with Crippen LogP contribution in [-0.4, -0.2) is 28.9 Å². The van der Waals surface area contributed by atoms with Crippen LogP contribution < -0.4 is 0 Å². The first-order valence-electron chi connectivity index (χ1n) is 11.4. The highest BCUT2D eigenvalue weighted by Gasteiger charge is 2.58. The monoisotopic (exact) mass is 402 g/mol. The Morgan fingerprint density at radius 3 is 2.59 bits per heavy atom. The van der Waals surface area contributed by atoms with Crippen molar-refractivity contribution in [1.82, 2.24) is 0 Å². The first kappa shape index (κ1) is 20.6. The molecule has 29 heavy (non-hydrogen) atoms. The Kier molecular flexibility index (Phi) is 5.37. The molecule has 0 aromatic rings. The topological polar surface area (TPSA) is 80.7 Å². The third-order valence-electron chi connectivity index (χ3n) is 8.84. The predicted molar refractivity (Wildman–Crippen MR) is 108 cm³/mol. The van der Waals surface area contributed by atoms with Gasteiger partial charge in [0.05, 0.1) is 0 Å². The lowest BCUT2D eigenvalue weighted by Gasteiger charge is -2.56. The minimum absolute atomic E-state index is 0.00858. The molecule has 0 heterocycles. The predicted octanol–water partition coefficient (Wildman–Crippen LogP) is 4.69. The molecule has 3 saturated carbocycles. The van der Waals surface area contributed by atoms with Crippen molar-refractivity contribution in [2.24, 2.45) is 28.6 Å². The summed E-state index contributed by atoms with van der Waals surface area (Å²) in [5, 5.41) is 8.71. The van der Waals surface area contributed by atoms with Gasteiger partial charge in [-0.3, -0.25) is 14.4 Å². The Hall–Kier alpha value is -1.65. The average Bonchev–Trinajstić information content (AvgIpc) is 2.97. The van der Waals surface area contributed by atoms with E-state index in [1.807, 2.05) is 0 Å². The van der Waals surface area contributed by atoms with Crippen molar-refractivity contribution in [3.05, 3.63) is 11.6 Å². The van der Waals surface area contributed by atoms with Crippen LogP contribution in [0.3, 0.4) is 0 Å². The van der Waals surface area contributed by atoms with Gasteiger partial charge in [-0.25, -0.2) is 0 Å². The van der Waals surface area contributed by atoms with Crippen molar-refractivity contribution in [2.75, 3.05) is 0 Å². The highest BCUT2D eigenvalue weighted by atomic mass is 16.5. The number of hydrogen-bond acceptors (Lipinski definition) is 4. The summed E-state index contributed by atoms with van der Waals surface area (Å²) in [6.45, 7) is 4.62. The Morgan fingerprint density at radius 1 is 1.10 bits per heavy atom. The number of fused-ring (bicyclic) bond motifs is 5. The van der Waals surface area contributed by atoms with Gasteiger partial charge in [-0.05, 0) is 68.1 Å². The van der Waals surface area contributed by atoms with E-state index < -0.39 is 5.97 Å². The fourth-order valence-electron chi connectivity index (χ4n) is 7.13.